The van der Waals surface area contributed by atoms with Gasteiger partial charge in [-0.15, -0.1) is 5.10 Å². The van der Waals surface area contributed by atoms with Crippen molar-refractivity contribution < 1.29 is 9.90 Å². The quantitative estimate of drug-likeness (QED) is 0.849. The average Bonchev–Trinajstić information content (AvgIpc) is 2.68. The van der Waals surface area contributed by atoms with Crippen molar-refractivity contribution in [2.45, 2.75) is 33.1 Å². The fourth-order valence-electron chi connectivity index (χ4n) is 1.67. The average molecular weight is 234 g/mol. The van der Waals surface area contributed by atoms with Gasteiger partial charge >= 0.3 is 5.97 Å². The molecule has 90 valence electrons. The van der Waals surface area contributed by atoms with E-state index in [1.54, 1.807) is 4.52 Å². The second kappa shape index (κ2) is 4.48. The van der Waals surface area contributed by atoms with Crippen LogP contribution in [-0.4, -0.2) is 30.7 Å². The minimum atomic E-state index is -0.935. The van der Waals surface area contributed by atoms with Gasteiger partial charge in [-0.3, -0.25) is 4.79 Å². The summed E-state index contributed by atoms with van der Waals surface area (Å²) in [5.74, 6) is -0.153. The molecule has 6 heteroatoms. The number of carbonyl (C=O) groups is 1. The van der Waals surface area contributed by atoms with Crippen molar-refractivity contribution in [3.63, 3.8) is 0 Å². The lowest BCUT2D eigenvalue weighted by atomic mass is 10.2. The molecular formula is C11H14N4O2. The molecule has 1 N–H and O–H groups in total. The van der Waals surface area contributed by atoms with E-state index in [0.717, 1.165) is 24.2 Å². The van der Waals surface area contributed by atoms with E-state index in [0.29, 0.717) is 11.6 Å². The highest BCUT2D eigenvalue weighted by Gasteiger charge is 2.11. The first-order valence-electron chi connectivity index (χ1n) is 5.60. The number of aliphatic carboxylic acids is 1. The number of aryl methyl sites for hydroxylation is 2. The molecule has 0 saturated heterocycles. The largest absolute Gasteiger partial charge is 0.481 e. The Morgan fingerprint density at radius 1 is 1.35 bits per heavy atom. The molecule has 0 bridgehead atoms. The van der Waals surface area contributed by atoms with Crippen LogP contribution in [0.15, 0.2) is 6.07 Å². The van der Waals surface area contributed by atoms with Crippen LogP contribution in [-0.2, 0) is 24.1 Å². The fourth-order valence-corrected chi connectivity index (χ4v) is 1.67. The van der Waals surface area contributed by atoms with Crippen LogP contribution in [0.1, 0.15) is 31.1 Å². The molecule has 0 aromatic carbocycles. The number of carboxylic acid groups (broad SMARTS) is 1. The molecule has 0 aliphatic heterocycles. The molecule has 0 aliphatic rings. The predicted octanol–water partition coefficient (Wildman–Crippen LogP) is 0.876. The molecule has 2 aromatic heterocycles. The normalized spacial score (nSPS) is 10.9. The number of nitrogens with zero attached hydrogens (tertiary/aromatic N) is 4. The van der Waals surface area contributed by atoms with Gasteiger partial charge in [0.15, 0.2) is 5.82 Å². The third-order valence-corrected chi connectivity index (χ3v) is 2.52. The highest BCUT2D eigenvalue weighted by Crippen LogP contribution is 2.08. The van der Waals surface area contributed by atoms with Gasteiger partial charge < -0.3 is 5.11 Å². The molecule has 0 radical (unpaired) electrons. The van der Waals surface area contributed by atoms with Gasteiger partial charge in [0, 0.05) is 11.4 Å². The van der Waals surface area contributed by atoms with Crippen molar-refractivity contribution in [2.24, 2.45) is 0 Å². The van der Waals surface area contributed by atoms with Crippen LogP contribution >= 0.6 is 0 Å². The van der Waals surface area contributed by atoms with Crippen LogP contribution < -0.4 is 0 Å². The standard InChI is InChI=1S/C11H14N4O2/c1-3-7-5-8(4-2)15-11(12-7)13-9(14-15)6-10(16)17/h5H,3-4,6H2,1-2H3,(H,16,17). The van der Waals surface area contributed by atoms with Crippen LogP contribution in [0, 0.1) is 0 Å². The topological polar surface area (TPSA) is 80.4 Å². The van der Waals surface area contributed by atoms with Gasteiger partial charge in [0.2, 0.25) is 0 Å². The third-order valence-electron chi connectivity index (χ3n) is 2.52. The maximum Gasteiger partial charge on any atom is 0.311 e. The number of rotatable bonds is 4. The second-order valence-electron chi connectivity index (χ2n) is 3.76. The van der Waals surface area contributed by atoms with Gasteiger partial charge in [-0.25, -0.2) is 9.50 Å². The number of carboxylic acids is 1. The highest BCUT2D eigenvalue weighted by molar-refractivity contribution is 5.69. The van der Waals surface area contributed by atoms with E-state index in [4.69, 9.17) is 5.11 Å². The SMILES string of the molecule is CCc1cc(CC)n2nc(CC(=O)O)nc2n1. The van der Waals surface area contributed by atoms with E-state index in [2.05, 4.69) is 15.1 Å². The molecule has 0 spiro atoms. The van der Waals surface area contributed by atoms with Crippen molar-refractivity contribution >= 4 is 11.7 Å². The van der Waals surface area contributed by atoms with Crippen molar-refractivity contribution in [1.29, 1.82) is 0 Å². The molecule has 0 amide bonds. The van der Waals surface area contributed by atoms with Gasteiger partial charge in [0.25, 0.3) is 5.78 Å². The molecule has 2 aromatic rings. The molecule has 0 saturated carbocycles. The van der Waals surface area contributed by atoms with Crippen LogP contribution in [0.3, 0.4) is 0 Å². The van der Waals surface area contributed by atoms with Crippen LogP contribution in [0.25, 0.3) is 5.78 Å². The Morgan fingerprint density at radius 3 is 2.71 bits per heavy atom. The van der Waals surface area contributed by atoms with Crippen molar-refractivity contribution in [2.75, 3.05) is 0 Å². The summed E-state index contributed by atoms with van der Waals surface area (Å²) in [5.41, 5.74) is 1.94. The molecule has 0 fully saturated rings. The Morgan fingerprint density at radius 2 is 2.12 bits per heavy atom. The minimum absolute atomic E-state index is 0.173. The number of hydrogen-bond donors (Lipinski definition) is 1. The molecule has 0 unspecified atom stereocenters. The van der Waals surface area contributed by atoms with Crippen LogP contribution in [0.5, 0.6) is 0 Å². The summed E-state index contributed by atoms with van der Waals surface area (Å²) in [4.78, 5) is 19.1. The Labute approximate surface area is 98.3 Å². The van der Waals surface area contributed by atoms with Gasteiger partial charge in [0.05, 0.1) is 0 Å². The number of fused-ring (bicyclic) bond motifs is 1. The lowest BCUT2D eigenvalue weighted by Crippen LogP contribution is -2.04. The number of aromatic nitrogens is 4. The second-order valence-corrected chi connectivity index (χ2v) is 3.76. The predicted molar refractivity (Wildman–Crippen MR) is 60.9 cm³/mol. The Bertz CT molecular complexity index is 562. The fraction of sp³-hybridized carbons (Fsp3) is 0.455. The first-order valence-corrected chi connectivity index (χ1v) is 5.60. The summed E-state index contributed by atoms with van der Waals surface area (Å²) in [6, 6.07) is 1.98. The van der Waals surface area contributed by atoms with Gasteiger partial charge in [-0.2, -0.15) is 4.98 Å². The summed E-state index contributed by atoms with van der Waals surface area (Å²) >= 11 is 0. The monoisotopic (exact) mass is 234 g/mol. The molecule has 0 aliphatic carbocycles. The first-order chi connectivity index (χ1) is 8.13. The van der Waals surface area contributed by atoms with E-state index < -0.39 is 5.97 Å². The molecule has 0 atom stereocenters. The van der Waals surface area contributed by atoms with E-state index in [9.17, 15) is 4.79 Å². The zero-order valence-corrected chi connectivity index (χ0v) is 9.84. The zero-order chi connectivity index (χ0) is 12.4. The van der Waals surface area contributed by atoms with E-state index in [1.807, 2.05) is 19.9 Å². The minimum Gasteiger partial charge on any atom is -0.481 e. The summed E-state index contributed by atoms with van der Waals surface area (Å²) in [5, 5.41) is 12.9. The lowest BCUT2D eigenvalue weighted by molar-refractivity contribution is -0.136. The Kier molecular flexibility index (Phi) is 3.03. The first kappa shape index (κ1) is 11.5. The Hall–Kier alpha value is -1.98. The van der Waals surface area contributed by atoms with Crippen molar-refractivity contribution in [1.82, 2.24) is 19.6 Å². The van der Waals surface area contributed by atoms with E-state index in [1.165, 1.54) is 0 Å². The smallest absolute Gasteiger partial charge is 0.311 e. The van der Waals surface area contributed by atoms with Gasteiger partial charge in [-0.1, -0.05) is 13.8 Å². The molecule has 6 nitrogen and oxygen atoms in total. The van der Waals surface area contributed by atoms with E-state index in [-0.39, 0.29) is 6.42 Å². The third kappa shape index (κ3) is 2.25. The van der Waals surface area contributed by atoms with Crippen molar-refractivity contribution in [3.05, 3.63) is 23.3 Å². The molecular weight excluding hydrogens is 220 g/mol. The maximum absolute atomic E-state index is 10.6. The molecule has 2 heterocycles. The summed E-state index contributed by atoms with van der Waals surface area (Å²) in [6.45, 7) is 4.04. The maximum atomic E-state index is 10.6. The molecule has 2 rings (SSSR count). The number of hydrogen-bond acceptors (Lipinski definition) is 4. The van der Waals surface area contributed by atoms with E-state index >= 15 is 0 Å². The lowest BCUT2D eigenvalue weighted by Gasteiger charge is -2.02. The van der Waals surface area contributed by atoms with Gasteiger partial charge in [0.1, 0.15) is 6.42 Å². The summed E-state index contributed by atoms with van der Waals surface area (Å²) in [7, 11) is 0. The van der Waals surface area contributed by atoms with Crippen LogP contribution in [0.4, 0.5) is 0 Å². The Balaban J connectivity index is 2.54. The van der Waals surface area contributed by atoms with Crippen molar-refractivity contribution in [3.8, 4) is 0 Å². The van der Waals surface area contributed by atoms with Crippen LogP contribution in [0.2, 0.25) is 0 Å². The zero-order valence-electron chi connectivity index (χ0n) is 9.84. The summed E-state index contributed by atoms with van der Waals surface area (Å²) < 4.78 is 1.62. The van der Waals surface area contributed by atoms with Gasteiger partial charge in [-0.05, 0) is 18.9 Å². The molecule has 17 heavy (non-hydrogen) atoms. The highest BCUT2D eigenvalue weighted by atomic mass is 16.4. The summed E-state index contributed by atoms with van der Waals surface area (Å²) in [6.07, 6.45) is 1.46.